The van der Waals surface area contributed by atoms with E-state index in [0.29, 0.717) is 5.92 Å². The molecule has 100 valence electrons. The first-order valence-electron chi connectivity index (χ1n) is 6.61. The zero-order chi connectivity index (χ0) is 13.6. The smallest absolute Gasteiger partial charge is 0.250 e. The molecule has 5 heteroatoms. The Labute approximate surface area is 112 Å². The summed E-state index contributed by atoms with van der Waals surface area (Å²) in [6.07, 6.45) is 2.05. The average Bonchev–Trinajstić information content (AvgIpc) is 3.16. The van der Waals surface area contributed by atoms with E-state index >= 15 is 0 Å². The third kappa shape index (κ3) is 2.20. The van der Waals surface area contributed by atoms with Crippen molar-refractivity contribution in [3.8, 4) is 0 Å². The van der Waals surface area contributed by atoms with Crippen LogP contribution in [0.2, 0.25) is 0 Å². The first kappa shape index (κ1) is 12.1. The van der Waals surface area contributed by atoms with Crippen molar-refractivity contribution in [3.05, 3.63) is 23.5 Å². The van der Waals surface area contributed by atoms with Crippen LogP contribution in [0.5, 0.6) is 0 Å². The van der Waals surface area contributed by atoms with Gasteiger partial charge in [0.05, 0.1) is 11.4 Å². The molecule has 0 spiro atoms. The standard InChI is InChI=1S/C14H17N3O2/c1-8-3-6-11(9(2)15-8)17-7-12(18)16-13(14(17)19)10-4-5-10/h3,6,10,13H,4-5,7H2,1-2H3,(H,16,18). The number of anilines is 1. The van der Waals surface area contributed by atoms with E-state index in [0.717, 1.165) is 29.9 Å². The van der Waals surface area contributed by atoms with E-state index in [4.69, 9.17) is 0 Å². The van der Waals surface area contributed by atoms with Crippen molar-refractivity contribution in [1.29, 1.82) is 0 Å². The second kappa shape index (κ2) is 4.33. The number of aromatic nitrogens is 1. The Balaban J connectivity index is 1.93. The summed E-state index contributed by atoms with van der Waals surface area (Å²) in [7, 11) is 0. The Morgan fingerprint density at radius 2 is 2.00 bits per heavy atom. The summed E-state index contributed by atoms with van der Waals surface area (Å²) in [4.78, 5) is 30.2. The molecule has 0 radical (unpaired) electrons. The van der Waals surface area contributed by atoms with Gasteiger partial charge < -0.3 is 5.32 Å². The monoisotopic (exact) mass is 259 g/mol. The topological polar surface area (TPSA) is 62.3 Å². The fourth-order valence-electron chi connectivity index (χ4n) is 2.59. The fourth-order valence-corrected chi connectivity index (χ4v) is 2.59. The highest BCUT2D eigenvalue weighted by molar-refractivity contribution is 6.07. The lowest BCUT2D eigenvalue weighted by molar-refractivity contribution is -0.131. The van der Waals surface area contributed by atoms with Crippen LogP contribution in [0.15, 0.2) is 12.1 Å². The van der Waals surface area contributed by atoms with Crippen LogP contribution in [0.4, 0.5) is 5.69 Å². The lowest BCUT2D eigenvalue weighted by Crippen LogP contribution is -2.59. The van der Waals surface area contributed by atoms with Crippen LogP contribution in [-0.2, 0) is 9.59 Å². The summed E-state index contributed by atoms with van der Waals surface area (Å²) >= 11 is 0. The van der Waals surface area contributed by atoms with Gasteiger partial charge in [0.15, 0.2) is 0 Å². The maximum atomic E-state index is 12.5. The molecule has 2 amide bonds. The van der Waals surface area contributed by atoms with Crippen molar-refractivity contribution in [3.63, 3.8) is 0 Å². The van der Waals surface area contributed by atoms with E-state index in [1.54, 1.807) is 4.90 Å². The maximum Gasteiger partial charge on any atom is 0.250 e. The van der Waals surface area contributed by atoms with E-state index in [1.807, 2.05) is 26.0 Å². The van der Waals surface area contributed by atoms with Crippen molar-refractivity contribution in [2.24, 2.45) is 5.92 Å². The van der Waals surface area contributed by atoms with Gasteiger partial charge in [-0.15, -0.1) is 0 Å². The van der Waals surface area contributed by atoms with Gasteiger partial charge >= 0.3 is 0 Å². The van der Waals surface area contributed by atoms with Crippen molar-refractivity contribution in [1.82, 2.24) is 10.3 Å². The van der Waals surface area contributed by atoms with Crippen molar-refractivity contribution in [2.75, 3.05) is 11.4 Å². The highest BCUT2D eigenvalue weighted by Gasteiger charge is 2.43. The second-order valence-electron chi connectivity index (χ2n) is 5.36. The molecule has 1 atom stereocenters. The normalized spacial score (nSPS) is 23.5. The Kier molecular flexibility index (Phi) is 2.77. The molecule has 1 saturated heterocycles. The molecular formula is C14H17N3O2. The van der Waals surface area contributed by atoms with Crippen LogP contribution in [-0.4, -0.2) is 29.4 Å². The Bertz CT molecular complexity index is 552. The molecule has 1 aromatic rings. The number of hydrogen-bond donors (Lipinski definition) is 1. The van der Waals surface area contributed by atoms with Gasteiger partial charge in [-0.3, -0.25) is 19.5 Å². The Morgan fingerprint density at radius 3 is 2.63 bits per heavy atom. The number of aryl methyl sites for hydroxylation is 2. The largest absolute Gasteiger partial charge is 0.342 e. The molecule has 5 nitrogen and oxygen atoms in total. The molecule has 1 aliphatic heterocycles. The van der Waals surface area contributed by atoms with Gasteiger partial charge in [-0.2, -0.15) is 0 Å². The van der Waals surface area contributed by atoms with Gasteiger partial charge in [-0.1, -0.05) is 0 Å². The molecule has 1 unspecified atom stereocenters. The molecule has 19 heavy (non-hydrogen) atoms. The first-order valence-corrected chi connectivity index (χ1v) is 6.61. The van der Waals surface area contributed by atoms with Gasteiger partial charge in [0, 0.05) is 5.69 Å². The number of carbonyl (C=O) groups excluding carboxylic acids is 2. The summed E-state index contributed by atoms with van der Waals surface area (Å²) in [5.74, 6) is 0.227. The minimum absolute atomic E-state index is 0.00384. The van der Waals surface area contributed by atoms with Crippen LogP contribution in [0, 0.1) is 19.8 Å². The zero-order valence-corrected chi connectivity index (χ0v) is 11.1. The third-order valence-corrected chi connectivity index (χ3v) is 3.73. The molecular weight excluding hydrogens is 242 g/mol. The number of pyridine rings is 1. The van der Waals surface area contributed by atoms with Gasteiger partial charge in [-0.05, 0) is 44.7 Å². The van der Waals surface area contributed by atoms with Crippen LogP contribution in [0.3, 0.4) is 0 Å². The summed E-state index contributed by atoms with van der Waals surface area (Å²) in [6, 6.07) is 3.40. The molecule has 3 rings (SSSR count). The minimum atomic E-state index is -0.345. The maximum absolute atomic E-state index is 12.5. The molecule has 0 bridgehead atoms. The van der Waals surface area contributed by atoms with Crippen LogP contribution >= 0.6 is 0 Å². The van der Waals surface area contributed by atoms with Crippen LogP contribution < -0.4 is 10.2 Å². The molecule has 1 saturated carbocycles. The number of nitrogens with zero attached hydrogens (tertiary/aromatic N) is 2. The molecule has 2 heterocycles. The van der Waals surface area contributed by atoms with Crippen molar-refractivity contribution in [2.45, 2.75) is 32.7 Å². The quantitative estimate of drug-likeness (QED) is 0.859. The van der Waals surface area contributed by atoms with E-state index < -0.39 is 0 Å². The number of nitrogens with one attached hydrogen (secondary N) is 1. The average molecular weight is 259 g/mol. The third-order valence-electron chi connectivity index (χ3n) is 3.73. The van der Waals surface area contributed by atoms with E-state index in [1.165, 1.54) is 0 Å². The van der Waals surface area contributed by atoms with E-state index in [-0.39, 0.29) is 24.4 Å². The van der Waals surface area contributed by atoms with Crippen molar-refractivity contribution < 1.29 is 9.59 Å². The minimum Gasteiger partial charge on any atom is -0.342 e. The highest BCUT2D eigenvalue weighted by Crippen LogP contribution is 2.35. The molecule has 1 aromatic heterocycles. The summed E-state index contributed by atoms with van der Waals surface area (Å²) < 4.78 is 0. The summed E-state index contributed by atoms with van der Waals surface area (Å²) in [6.45, 7) is 3.87. The lowest BCUT2D eigenvalue weighted by Gasteiger charge is -2.33. The molecule has 2 fully saturated rings. The summed E-state index contributed by atoms with van der Waals surface area (Å²) in [5, 5.41) is 2.81. The van der Waals surface area contributed by atoms with Gasteiger partial charge in [-0.25, -0.2) is 0 Å². The van der Waals surface area contributed by atoms with Gasteiger partial charge in [0.2, 0.25) is 11.8 Å². The molecule has 1 N–H and O–H groups in total. The zero-order valence-electron chi connectivity index (χ0n) is 11.1. The lowest BCUT2D eigenvalue weighted by atomic mass is 10.1. The molecule has 0 aromatic carbocycles. The van der Waals surface area contributed by atoms with Gasteiger partial charge in [0.25, 0.3) is 0 Å². The number of piperazine rings is 1. The number of rotatable bonds is 2. The Morgan fingerprint density at radius 1 is 1.26 bits per heavy atom. The Hall–Kier alpha value is -1.91. The molecule has 1 aliphatic carbocycles. The van der Waals surface area contributed by atoms with Crippen LogP contribution in [0.25, 0.3) is 0 Å². The predicted octanol–water partition coefficient (Wildman–Crippen LogP) is 0.940. The van der Waals surface area contributed by atoms with Gasteiger partial charge in [0.1, 0.15) is 12.6 Å². The van der Waals surface area contributed by atoms with Crippen LogP contribution in [0.1, 0.15) is 24.2 Å². The number of carbonyl (C=O) groups is 2. The number of amides is 2. The predicted molar refractivity (Wildman–Crippen MR) is 70.7 cm³/mol. The van der Waals surface area contributed by atoms with E-state index in [9.17, 15) is 9.59 Å². The highest BCUT2D eigenvalue weighted by atomic mass is 16.2. The fraction of sp³-hybridized carbons (Fsp3) is 0.500. The first-order chi connectivity index (χ1) is 9.06. The SMILES string of the molecule is Cc1ccc(N2CC(=O)NC(C3CC3)C2=O)c(C)n1. The second-order valence-corrected chi connectivity index (χ2v) is 5.36. The van der Waals surface area contributed by atoms with E-state index in [2.05, 4.69) is 10.3 Å². The molecule has 2 aliphatic rings. The summed E-state index contributed by atoms with van der Waals surface area (Å²) in [5.41, 5.74) is 2.45. The number of hydrogen-bond acceptors (Lipinski definition) is 3. The van der Waals surface area contributed by atoms with Crippen molar-refractivity contribution >= 4 is 17.5 Å².